The van der Waals surface area contributed by atoms with Crippen molar-refractivity contribution in [1.29, 1.82) is 0 Å². The van der Waals surface area contributed by atoms with E-state index in [0.29, 0.717) is 11.5 Å². The minimum atomic E-state index is 0.507. The SMILES string of the molecule is CN=C(NCCn1cc(C)cn1)NC1CCC(C)(C)CC1. The van der Waals surface area contributed by atoms with Gasteiger partial charge in [0.1, 0.15) is 0 Å². The van der Waals surface area contributed by atoms with E-state index in [4.69, 9.17) is 0 Å². The van der Waals surface area contributed by atoms with Crippen LogP contribution in [0.2, 0.25) is 0 Å². The van der Waals surface area contributed by atoms with E-state index in [1.165, 1.54) is 31.2 Å². The number of aryl methyl sites for hydroxylation is 1. The van der Waals surface area contributed by atoms with Gasteiger partial charge in [0.2, 0.25) is 0 Å². The summed E-state index contributed by atoms with van der Waals surface area (Å²) in [7, 11) is 1.83. The van der Waals surface area contributed by atoms with Crippen molar-refractivity contribution < 1.29 is 0 Å². The second-order valence-electron chi connectivity index (χ2n) is 6.86. The molecule has 0 radical (unpaired) electrons. The Labute approximate surface area is 128 Å². The highest BCUT2D eigenvalue weighted by molar-refractivity contribution is 5.79. The van der Waals surface area contributed by atoms with E-state index in [9.17, 15) is 0 Å². The van der Waals surface area contributed by atoms with Crippen LogP contribution in [0.25, 0.3) is 0 Å². The van der Waals surface area contributed by atoms with E-state index in [1.54, 1.807) is 0 Å². The van der Waals surface area contributed by atoms with Gasteiger partial charge in [-0.05, 0) is 43.6 Å². The van der Waals surface area contributed by atoms with Gasteiger partial charge in [0.25, 0.3) is 0 Å². The third kappa shape index (κ3) is 5.06. The van der Waals surface area contributed by atoms with Crippen LogP contribution in [0.1, 0.15) is 45.1 Å². The Balaban J connectivity index is 1.71. The van der Waals surface area contributed by atoms with Crippen molar-refractivity contribution in [2.45, 2.75) is 59.0 Å². The Morgan fingerprint density at radius 1 is 1.43 bits per heavy atom. The van der Waals surface area contributed by atoms with Crippen LogP contribution in [0.5, 0.6) is 0 Å². The maximum atomic E-state index is 4.32. The summed E-state index contributed by atoms with van der Waals surface area (Å²) >= 11 is 0. The summed E-state index contributed by atoms with van der Waals surface area (Å²) in [6.45, 7) is 8.47. The van der Waals surface area contributed by atoms with Crippen molar-refractivity contribution in [1.82, 2.24) is 20.4 Å². The first-order valence-electron chi connectivity index (χ1n) is 7.95. The molecule has 1 aromatic rings. The number of hydrogen-bond acceptors (Lipinski definition) is 2. The Kier molecular flexibility index (Phi) is 5.26. The molecule has 1 heterocycles. The van der Waals surface area contributed by atoms with Crippen molar-refractivity contribution in [3.8, 4) is 0 Å². The summed E-state index contributed by atoms with van der Waals surface area (Å²) in [5.74, 6) is 0.906. The second kappa shape index (κ2) is 6.96. The van der Waals surface area contributed by atoms with Gasteiger partial charge in [0.05, 0.1) is 12.7 Å². The molecule has 21 heavy (non-hydrogen) atoms. The average Bonchev–Trinajstić information content (AvgIpc) is 2.85. The molecule has 5 nitrogen and oxygen atoms in total. The maximum Gasteiger partial charge on any atom is 0.191 e. The first-order chi connectivity index (χ1) is 9.98. The monoisotopic (exact) mass is 291 g/mol. The Morgan fingerprint density at radius 2 is 2.14 bits per heavy atom. The Bertz CT molecular complexity index is 465. The third-order valence-corrected chi connectivity index (χ3v) is 4.30. The van der Waals surface area contributed by atoms with Crippen LogP contribution >= 0.6 is 0 Å². The van der Waals surface area contributed by atoms with E-state index in [1.807, 2.05) is 17.9 Å². The highest BCUT2D eigenvalue weighted by Gasteiger charge is 2.26. The van der Waals surface area contributed by atoms with Crippen molar-refractivity contribution in [3.63, 3.8) is 0 Å². The normalized spacial score (nSPS) is 19.5. The molecule has 0 aromatic carbocycles. The number of guanidine groups is 1. The first-order valence-corrected chi connectivity index (χ1v) is 7.95. The van der Waals surface area contributed by atoms with Gasteiger partial charge in [-0.3, -0.25) is 9.67 Å². The van der Waals surface area contributed by atoms with E-state index in [0.717, 1.165) is 19.0 Å². The van der Waals surface area contributed by atoms with E-state index >= 15 is 0 Å². The van der Waals surface area contributed by atoms with Crippen LogP contribution in [0.3, 0.4) is 0 Å². The molecule has 2 rings (SSSR count). The largest absolute Gasteiger partial charge is 0.355 e. The number of nitrogens with zero attached hydrogens (tertiary/aromatic N) is 3. The van der Waals surface area contributed by atoms with Gasteiger partial charge < -0.3 is 10.6 Å². The van der Waals surface area contributed by atoms with Crippen LogP contribution in [-0.2, 0) is 6.54 Å². The molecule has 5 heteroatoms. The highest BCUT2D eigenvalue weighted by Crippen LogP contribution is 2.34. The fourth-order valence-electron chi connectivity index (χ4n) is 2.81. The van der Waals surface area contributed by atoms with Crippen LogP contribution in [0, 0.1) is 12.3 Å². The maximum absolute atomic E-state index is 4.32. The zero-order chi connectivity index (χ0) is 15.3. The number of rotatable bonds is 4. The van der Waals surface area contributed by atoms with Gasteiger partial charge in [-0.1, -0.05) is 13.8 Å². The predicted molar refractivity (Wildman–Crippen MR) is 87.5 cm³/mol. The topological polar surface area (TPSA) is 54.2 Å². The molecule has 1 saturated carbocycles. The van der Waals surface area contributed by atoms with Gasteiger partial charge in [-0.15, -0.1) is 0 Å². The molecule has 0 bridgehead atoms. The van der Waals surface area contributed by atoms with Crippen molar-refractivity contribution >= 4 is 5.96 Å². The van der Waals surface area contributed by atoms with E-state index < -0.39 is 0 Å². The molecule has 0 aliphatic heterocycles. The van der Waals surface area contributed by atoms with Crippen molar-refractivity contribution in [2.75, 3.05) is 13.6 Å². The lowest BCUT2D eigenvalue weighted by atomic mass is 9.75. The molecule has 0 unspecified atom stereocenters. The van der Waals surface area contributed by atoms with Gasteiger partial charge in [0, 0.05) is 25.8 Å². The third-order valence-electron chi connectivity index (χ3n) is 4.30. The van der Waals surface area contributed by atoms with Gasteiger partial charge in [0.15, 0.2) is 5.96 Å². The number of aromatic nitrogens is 2. The molecule has 2 N–H and O–H groups in total. The zero-order valence-electron chi connectivity index (χ0n) is 13.8. The molecule has 118 valence electrons. The van der Waals surface area contributed by atoms with Crippen molar-refractivity contribution in [2.24, 2.45) is 10.4 Å². The second-order valence-corrected chi connectivity index (χ2v) is 6.86. The molecule has 0 spiro atoms. The lowest BCUT2D eigenvalue weighted by molar-refractivity contribution is 0.216. The molecule has 0 atom stereocenters. The summed E-state index contributed by atoms with van der Waals surface area (Å²) in [5.41, 5.74) is 1.70. The molecular weight excluding hydrogens is 262 g/mol. The molecule has 1 aliphatic carbocycles. The van der Waals surface area contributed by atoms with Crippen LogP contribution in [-0.4, -0.2) is 35.4 Å². The molecule has 1 aliphatic rings. The van der Waals surface area contributed by atoms with Crippen LogP contribution < -0.4 is 10.6 Å². The summed E-state index contributed by atoms with van der Waals surface area (Å²) in [5, 5.41) is 11.2. The van der Waals surface area contributed by atoms with Crippen molar-refractivity contribution in [3.05, 3.63) is 18.0 Å². The minimum Gasteiger partial charge on any atom is -0.355 e. The molecular formula is C16H29N5. The summed E-state index contributed by atoms with van der Waals surface area (Å²) in [4.78, 5) is 4.32. The predicted octanol–water partition coefficient (Wildman–Crippen LogP) is 2.33. The van der Waals surface area contributed by atoms with Crippen LogP contribution in [0.15, 0.2) is 17.4 Å². The van der Waals surface area contributed by atoms with Gasteiger partial charge >= 0.3 is 0 Å². The fraction of sp³-hybridized carbons (Fsp3) is 0.750. The lowest BCUT2D eigenvalue weighted by Gasteiger charge is -2.35. The summed E-state index contributed by atoms with van der Waals surface area (Å²) in [6, 6.07) is 0.552. The number of aliphatic imine (C=N–C) groups is 1. The molecule has 1 fully saturated rings. The van der Waals surface area contributed by atoms with Gasteiger partial charge in [-0.2, -0.15) is 5.10 Å². The number of nitrogens with one attached hydrogen (secondary N) is 2. The minimum absolute atomic E-state index is 0.507. The fourth-order valence-corrected chi connectivity index (χ4v) is 2.81. The zero-order valence-corrected chi connectivity index (χ0v) is 13.8. The summed E-state index contributed by atoms with van der Waals surface area (Å²) < 4.78 is 1.96. The highest BCUT2D eigenvalue weighted by atomic mass is 15.3. The van der Waals surface area contributed by atoms with E-state index in [2.05, 4.69) is 47.7 Å². The Morgan fingerprint density at radius 3 is 2.71 bits per heavy atom. The van der Waals surface area contributed by atoms with Gasteiger partial charge in [-0.25, -0.2) is 0 Å². The molecule has 1 aromatic heterocycles. The Hall–Kier alpha value is -1.52. The standard InChI is InChI=1S/C16H29N5/c1-13-11-19-21(12-13)10-9-18-15(17-4)20-14-5-7-16(2,3)8-6-14/h11-12,14H,5-10H2,1-4H3,(H2,17,18,20). The smallest absolute Gasteiger partial charge is 0.191 e. The lowest BCUT2D eigenvalue weighted by Crippen LogP contribution is -2.46. The quantitative estimate of drug-likeness (QED) is 0.661. The van der Waals surface area contributed by atoms with E-state index in [-0.39, 0.29) is 0 Å². The van der Waals surface area contributed by atoms with Crippen LogP contribution in [0.4, 0.5) is 0 Å². The molecule has 0 saturated heterocycles. The summed E-state index contributed by atoms with van der Waals surface area (Å²) in [6.07, 6.45) is 8.97. The first kappa shape index (κ1) is 15.9. The molecule has 0 amide bonds. The number of hydrogen-bond donors (Lipinski definition) is 2. The average molecular weight is 291 g/mol.